The maximum absolute atomic E-state index is 5.47. The Kier molecular flexibility index (Phi) is 3.62. The van der Waals surface area contributed by atoms with Crippen LogP contribution in [-0.2, 0) is 24.2 Å². The molecule has 3 N–H and O–H groups in total. The Morgan fingerprint density at radius 3 is 3.00 bits per heavy atom. The zero-order valence-electron chi connectivity index (χ0n) is 11.5. The molecular weight excluding hydrogens is 256 g/mol. The number of methoxy groups -OCH3 is 1. The molecule has 0 saturated carbocycles. The summed E-state index contributed by atoms with van der Waals surface area (Å²) in [5.41, 5.74) is 4.98. The molecule has 0 spiro atoms. The van der Waals surface area contributed by atoms with Gasteiger partial charge in [-0.05, 0) is 25.7 Å². The number of hydrazine groups is 1. The summed E-state index contributed by atoms with van der Waals surface area (Å²) in [6.07, 6.45) is 6.30. The Hall–Kier alpha value is -1.99. The second-order valence-corrected chi connectivity index (χ2v) is 4.82. The number of fused-ring (bicyclic) bond motifs is 1. The lowest BCUT2D eigenvalue weighted by atomic mass is 10.0. The van der Waals surface area contributed by atoms with Crippen LogP contribution in [0.25, 0.3) is 5.82 Å². The van der Waals surface area contributed by atoms with Crippen molar-refractivity contribution in [1.29, 1.82) is 0 Å². The van der Waals surface area contributed by atoms with Crippen molar-refractivity contribution in [1.82, 2.24) is 19.5 Å². The molecule has 0 bridgehead atoms. The van der Waals surface area contributed by atoms with Gasteiger partial charge >= 0.3 is 0 Å². The molecule has 1 aliphatic carbocycles. The maximum Gasteiger partial charge on any atom is 0.158 e. The van der Waals surface area contributed by atoms with E-state index in [0.29, 0.717) is 18.2 Å². The highest BCUT2D eigenvalue weighted by molar-refractivity contribution is 5.42. The van der Waals surface area contributed by atoms with Crippen molar-refractivity contribution in [3.05, 3.63) is 29.6 Å². The SMILES string of the molecule is COCc1nc(NN)cc(-n2cnc3c2CCCC3)n1. The third-order valence-corrected chi connectivity index (χ3v) is 3.46. The van der Waals surface area contributed by atoms with E-state index in [0.717, 1.165) is 18.7 Å². The average molecular weight is 274 g/mol. The van der Waals surface area contributed by atoms with Crippen LogP contribution < -0.4 is 11.3 Å². The first-order chi connectivity index (χ1) is 9.81. The predicted octanol–water partition coefficient (Wildman–Crippen LogP) is 0.973. The minimum Gasteiger partial charge on any atom is -0.377 e. The van der Waals surface area contributed by atoms with Gasteiger partial charge in [0, 0.05) is 18.9 Å². The van der Waals surface area contributed by atoms with Gasteiger partial charge in [-0.15, -0.1) is 0 Å². The fourth-order valence-electron chi connectivity index (χ4n) is 2.54. The van der Waals surface area contributed by atoms with Crippen LogP contribution in [0, 0.1) is 0 Å². The normalized spacial score (nSPS) is 14.1. The van der Waals surface area contributed by atoms with Crippen molar-refractivity contribution >= 4 is 5.82 Å². The number of imidazole rings is 1. The lowest BCUT2D eigenvalue weighted by molar-refractivity contribution is 0.178. The molecule has 0 atom stereocenters. The highest BCUT2D eigenvalue weighted by Gasteiger charge is 2.17. The van der Waals surface area contributed by atoms with Crippen molar-refractivity contribution in [3.8, 4) is 5.82 Å². The van der Waals surface area contributed by atoms with Crippen LogP contribution >= 0.6 is 0 Å². The van der Waals surface area contributed by atoms with Gasteiger partial charge in [-0.1, -0.05) is 0 Å². The van der Waals surface area contributed by atoms with E-state index in [4.69, 9.17) is 10.6 Å². The quantitative estimate of drug-likeness (QED) is 0.638. The van der Waals surface area contributed by atoms with Crippen molar-refractivity contribution in [2.24, 2.45) is 5.84 Å². The Bertz CT molecular complexity index is 609. The second kappa shape index (κ2) is 5.56. The number of nitrogen functional groups attached to an aromatic ring is 1. The first kappa shape index (κ1) is 13.0. The number of aromatic nitrogens is 4. The summed E-state index contributed by atoms with van der Waals surface area (Å²) in [5.74, 6) is 7.41. The fraction of sp³-hybridized carbons (Fsp3) is 0.462. The van der Waals surface area contributed by atoms with Crippen LogP contribution in [-0.4, -0.2) is 26.6 Å². The molecule has 0 aromatic carbocycles. The first-order valence-corrected chi connectivity index (χ1v) is 6.71. The molecule has 7 heteroatoms. The number of rotatable bonds is 4. The third kappa shape index (κ3) is 2.37. The van der Waals surface area contributed by atoms with Gasteiger partial charge in [0.1, 0.15) is 24.6 Å². The minimum atomic E-state index is 0.347. The van der Waals surface area contributed by atoms with E-state index in [1.54, 1.807) is 7.11 Å². The van der Waals surface area contributed by atoms with E-state index in [-0.39, 0.29) is 0 Å². The van der Waals surface area contributed by atoms with Crippen molar-refractivity contribution in [3.63, 3.8) is 0 Å². The Morgan fingerprint density at radius 1 is 1.35 bits per heavy atom. The zero-order chi connectivity index (χ0) is 13.9. The van der Waals surface area contributed by atoms with Crippen molar-refractivity contribution < 1.29 is 4.74 Å². The van der Waals surface area contributed by atoms with E-state index >= 15 is 0 Å². The number of nitrogens with zero attached hydrogens (tertiary/aromatic N) is 4. The highest BCUT2D eigenvalue weighted by atomic mass is 16.5. The predicted molar refractivity (Wildman–Crippen MR) is 74.3 cm³/mol. The molecule has 20 heavy (non-hydrogen) atoms. The van der Waals surface area contributed by atoms with Gasteiger partial charge < -0.3 is 10.2 Å². The summed E-state index contributed by atoms with van der Waals surface area (Å²) < 4.78 is 7.12. The van der Waals surface area contributed by atoms with E-state index < -0.39 is 0 Å². The van der Waals surface area contributed by atoms with E-state index in [9.17, 15) is 0 Å². The summed E-state index contributed by atoms with van der Waals surface area (Å²) in [4.78, 5) is 13.3. The molecule has 0 radical (unpaired) electrons. The summed E-state index contributed by atoms with van der Waals surface area (Å²) in [5, 5.41) is 0. The van der Waals surface area contributed by atoms with Crippen LogP contribution in [0.15, 0.2) is 12.4 Å². The highest BCUT2D eigenvalue weighted by Crippen LogP contribution is 2.23. The Morgan fingerprint density at radius 2 is 2.20 bits per heavy atom. The molecule has 0 fully saturated rings. The van der Waals surface area contributed by atoms with E-state index in [1.165, 1.54) is 24.2 Å². The third-order valence-electron chi connectivity index (χ3n) is 3.46. The number of anilines is 1. The zero-order valence-corrected chi connectivity index (χ0v) is 11.5. The van der Waals surface area contributed by atoms with Gasteiger partial charge in [-0.3, -0.25) is 4.57 Å². The number of nitrogens with one attached hydrogen (secondary N) is 1. The molecule has 7 nitrogen and oxygen atoms in total. The fourth-order valence-corrected chi connectivity index (χ4v) is 2.54. The molecule has 0 saturated heterocycles. The number of ether oxygens (including phenoxy) is 1. The molecule has 106 valence electrons. The molecule has 0 amide bonds. The van der Waals surface area contributed by atoms with Crippen LogP contribution in [0.4, 0.5) is 5.82 Å². The maximum atomic E-state index is 5.47. The van der Waals surface area contributed by atoms with Gasteiger partial charge in [0.25, 0.3) is 0 Å². The lowest BCUT2D eigenvalue weighted by Crippen LogP contribution is -2.14. The Balaban J connectivity index is 2.04. The van der Waals surface area contributed by atoms with Gasteiger partial charge in [0.05, 0.1) is 5.69 Å². The van der Waals surface area contributed by atoms with Crippen LogP contribution in [0.3, 0.4) is 0 Å². The monoisotopic (exact) mass is 274 g/mol. The number of hydrogen-bond donors (Lipinski definition) is 2. The summed E-state index contributed by atoms with van der Waals surface area (Å²) in [6, 6.07) is 1.82. The number of hydrogen-bond acceptors (Lipinski definition) is 6. The average Bonchev–Trinajstić information content (AvgIpc) is 2.91. The van der Waals surface area contributed by atoms with E-state index in [1.807, 2.05) is 17.0 Å². The standard InChI is InChI=1S/C13H18N6O/c1-20-7-12-16-11(18-14)6-13(17-12)19-8-15-9-4-2-3-5-10(9)19/h6,8H,2-5,7,14H2,1H3,(H,16,17,18). The van der Waals surface area contributed by atoms with Crippen LogP contribution in [0.5, 0.6) is 0 Å². The molecule has 2 aromatic heterocycles. The molecule has 2 heterocycles. The summed E-state index contributed by atoms with van der Waals surface area (Å²) >= 11 is 0. The van der Waals surface area contributed by atoms with Crippen LogP contribution in [0.2, 0.25) is 0 Å². The van der Waals surface area contributed by atoms with Gasteiger partial charge in [-0.2, -0.15) is 0 Å². The largest absolute Gasteiger partial charge is 0.377 e. The first-order valence-electron chi connectivity index (χ1n) is 6.71. The molecule has 0 unspecified atom stereocenters. The molecule has 2 aromatic rings. The summed E-state index contributed by atoms with van der Waals surface area (Å²) in [7, 11) is 1.62. The second-order valence-electron chi connectivity index (χ2n) is 4.82. The molecule has 0 aliphatic heterocycles. The van der Waals surface area contributed by atoms with Crippen LogP contribution in [0.1, 0.15) is 30.1 Å². The number of aryl methyl sites for hydroxylation is 1. The smallest absolute Gasteiger partial charge is 0.158 e. The van der Waals surface area contributed by atoms with Gasteiger partial charge in [-0.25, -0.2) is 20.8 Å². The summed E-state index contributed by atoms with van der Waals surface area (Å²) in [6.45, 7) is 0.347. The lowest BCUT2D eigenvalue weighted by Gasteiger charge is -2.14. The molecular formula is C13H18N6O. The van der Waals surface area contributed by atoms with E-state index in [2.05, 4.69) is 20.4 Å². The minimum absolute atomic E-state index is 0.347. The van der Waals surface area contributed by atoms with Crippen molar-refractivity contribution in [2.75, 3.05) is 12.5 Å². The van der Waals surface area contributed by atoms with Gasteiger partial charge in [0.15, 0.2) is 5.82 Å². The number of nitrogens with two attached hydrogens (primary N) is 1. The molecule has 3 rings (SSSR count). The topological polar surface area (TPSA) is 90.9 Å². The molecule has 1 aliphatic rings. The van der Waals surface area contributed by atoms with Gasteiger partial charge in [0.2, 0.25) is 0 Å². The van der Waals surface area contributed by atoms with Crippen molar-refractivity contribution in [2.45, 2.75) is 32.3 Å². The Labute approximate surface area is 117 Å².